The van der Waals surface area contributed by atoms with Crippen LogP contribution in [0.4, 0.5) is 0 Å². The number of aliphatic hydroxyl groups is 2. The highest BCUT2D eigenvalue weighted by molar-refractivity contribution is 5.96. The van der Waals surface area contributed by atoms with Crippen LogP contribution < -0.4 is 43.4 Å². The minimum absolute atomic E-state index is 0.152. The normalized spacial score (nSPS) is 15.2. The van der Waals surface area contributed by atoms with E-state index in [-0.39, 0.29) is 12.8 Å². The molecule has 0 saturated carbocycles. The van der Waals surface area contributed by atoms with E-state index in [9.17, 15) is 48.9 Å². The molecule has 0 bridgehead atoms. The molecule has 2 aromatic rings. The number of unbranched alkanes of at least 4 members (excludes halogenated alkanes) is 1. The van der Waals surface area contributed by atoms with E-state index >= 15 is 0 Å². The van der Waals surface area contributed by atoms with Gasteiger partial charge in [0.25, 0.3) is 0 Å². The van der Waals surface area contributed by atoms with Gasteiger partial charge < -0.3 is 63.7 Å². The molecule has 0 fully saturated rings. The number of nitrogens with one attached hydrogen (secondary N) is 7. The lowest BCUT2D eigenvalue weighted by molar-refractivity contribution is -0.145. The number of nitrogens with two attached hydrogens (primary N) is 2. The average molecular weight is 748 g/mol. The SMILES string of the molecule is CC(C)[C@H](NC(=O)[C@@H](NC(=O)CNC(=O)[C@H](CCCCN)NC(=O)CNC(=O)[C@@H](N)Cc1c[nH]c2ccccc12)[C@@H](C)O)C(=O)N[C@H](C(=O)O)[C@@H](C)O. The van der Waals surface area contributed by atoms with Gasteiger partial charge in [-0.1, -0.05) is 32.0 Å². The van der Waals surface area contributed by atoms with Gasteiger partial charge in [-0.05, 0) is 63.6 Å². The van der Waals surface area contributed by atoms with Crippen molar-refractivity contribution in [3.63, 3.8) is 0 Å². The number of aromatic amines is 1. The molecular formula is C34H53N9O10. The van der Waals surface area contributed by atoms with E-state index in [1.807, 2.05) is 24.3 Å². The molecule has 1 aromatic heterocycles. The highest BCUT2D eigenvalue weighted by Crippen LogP contribution is 2.18. The lowest BCUT2D eigenvalue weighted by atomic mass is 10.0. The smallest absolute Gasteiger partial charge is 0.328 e. The summed E-state index contributed by atoms with van der Waals surface area (Å²) in [7, 11) is 0. The predicted molar refractivity (Wildman–Crippen MR) is 192 cm³/mol. The Bertz CT molecular complexity index is 1580. The minimum Gasteiger partial charge on any atom is -0.480 e. The number of H-pyrrole nitrogens is 1. The first-order valence-electron chi connectivity index (χ1n) is 17.3. The van der Waals surface area contributed by atoms with Crippen molar-refractivity contribution in [2.75, 3.05) is 19.6 Å². The number of amides is 6. The van der Waals surface area contributed by atoms with Crippen molar-refractivity contribution in [3.8, 4) is 0 Å². The highest BCUT2D eigenvalue weighted by Gasteiger charge is 2.34. The second-order valence-corrected chi connectivity index (χ2v) is 13.1. The summed E-state index contributed by atoms with van der Waals surface area (Å²) in [4.78, 5) is 91.7. The Morgan fingerprint density at radius 1 is 0.736 bits per heavy atom. The first-order chi connectivity index (χ1) is 25.0. The van der Waals surface area contributed by atoms with Gasteiger partial charge in [-0.25, -0.2) is 4.79 Å². The van der Waals surface area contributed by atoms with Crippen molar-refractivity contribution in [2.45, 2.75) is 95.8 Å². The fourth-order valence-corrected chi connectivity index (χ4v) is 5.27. The minimum atomic E-state index is -1.65. The molecule has 0 aliphatic heterocycles. The van der Waals surface area contributed by atoms with Gasteiger partial charge in [0.15, 0.2) is 6.04 Å². The van der Waals surface area contributed by atoms with E-state index in [0.29, 0.717) is 19.4 Å². The number of aliphatic carboxylic acids is 1. The fraction of sp³-hybridized carbons (Fsp3) is 0.559. The maximum absolute atomic E-state index is 13.1. The molecule has 1 aromatic carbocycles. The molecule has 0 aliphatic rings. The number of aliphatic hydroxyl groups excluding tert-OH is 2. The summed E-state index contributed by atoms with van der Waals surface area (Å²) in [6.45, 7) is 4.69. The van der Waals surface area contributed by atoms with Crippen LogP contribution in [0.2, 0.25) is 0 Å². The summed E-state index contributed by atoms with van der Waals surface area (Å²) in [6, 6.07) is 0.908. The van der Waals surface area contributed by atoms with E-state index in [4.69, 9.17) is 11.5 Å². The zero-order chi connectivity index (χ0) is 39.8. The summed E-state index contributed by atoms with van der Waals surface area (Å²) in [5, 5.41) is 44.4. The number of fused-ring (bicyclic) bond motifs is 1. The topological polar surface area (TPSA) is 320 Å². The van der Waals surface area contributed by atoms with Crippen LogP contribution in [0, 0.1) is 5.92 Å². The zero-order valence-electron chi connectivity index (χ0n) is 30.3. The average Bonchev–Trinajstić information content (AvgIpc) is 3.50. The molecule has 2 rings (SSSR count). The molecule has 1 heterocycles. The van der Waals surface area contributed by atoms with Crippen molar-refractivity contribution in [1.82, 2.24) is 36.9 Å². The van der Waals surface area contributed by atoms with Crippen LogP contribution in [-0.2, 0) is 40.0 Å². The number of carboxylic acid groups (broad SMARTS) is 1. The molecule has 7 atom stereocenters. The van der Waals surface area contributed by atoms with Crippen molar-refractivity contribution < 1.29 is 48.9 Å². The largest absolute Gasteiger partial charge is 0.480 e. The Morgan fingerprint density at radius 2 is 1.30 bits per heavy atom. The Morgan fingerprint density at radius 3 is 1.89 bits per heavy atom. The monoisotopic (exact) mass is 747 g/mol. The van der Waals surface area contributed by atoms with Gasteiger partial charge in [0.1, 0.15) is 18.1 Å². The van der Waals surface area contributed by atoms with Gasteiger partial charge in [0.05, 0.1) is 31.3 Å². The predicted octanol–water partition coefficient (Wildman–Crippen LogP) is -3.16. The molecule has 0 unspecified atom stereocenters. The third-order valence-corrected chi connectivity index (χ3v) is 8.27. The number of aromatic nitrogens is 1. The van der Waals surface area contributed by atoms with Crippen LogP contribution in [0.1, 0.15) is 52.5 Å². The van der Waals surface area contributed by atoms with Gasteiger partial charge in [-0.3, -0.25) is 28.8 Å². The Hall–Kier alpha value is -5.11. The van der Waals surface area contributed by atoms with Crippen molar-refractivity contribution in [1.29, 1.82) is 0 Å². The Kier molecular flexibility index (Phi) is 17.8. The van der Waals surface area contributed by atoms with Crippen LogP contribution in [-0.4, -0.2) is 124 Å². The van der Waals surface area contributed by atoms with Crippen molar-refractivity contribution >= 4 is 52.3 Å². The van der Waals surface area contributed by atoms with Crippen molar-refractivity contribution in [2.24, 2.45) is 17.4 Å². The van der Waals surface area contributed by atoms with E-state index in [2.05, 4.69) is 36.9 Å². The number of rotatable bonds is 22. The number of hydrogen-bond donors (Lipinski definition) is 12. The lowest BCUT2D eigenvalue weighted by Gasteiger charge is -2.28. The molecular weight excluding hydrogens is 694 g/mol. The maximum Gasteiger partial charge on any atom is 0.328 e. The summed E-state index contributed by atoms with van der Waals surface area (Å²) in [5.41, 5.74) is 13.4. The first-order valence-corrected chi connectivity index (χ1v) is 17.3. The lowest BCUT2D eigenvalue weighted by Crippen LogP contribution is -2.61. The number of carboxylic acids is 1. The highest BCUT2D eigenvalue weighted by atomic mass is 16.4. The second-order valence-electron chi connectivity index (χ2n) is 13.1. The maximum atomic E-state index is 13.1. The van der Waals surface area contributed by atoms with Crippen LogP contribution in [0.3, 0.4) is 0 Å². The van der Waals surface area contributed by atoms with E-state index in [1.165, 1.54) is 13.8 Å². The van der Waals surface area contributed by atoms with E-state index in [0.717, 1.165) is 16.5 Å². The first kappa shape index (κ1) is 44.1. The number of benzene rings is 1. The summed E-state index contributed by atoms with van der Waals surface area (Å²) >= 11 is 0. The van der Waals surface area contributed by atoms with Crippen LogP contribution in [0.5, 0.6) is 0 Å². The molecule has 19 nitrogen and oxygen atoms in total. The van der Waals surface area contributed by atoms with Crippen molar-refractivity contribution in [3.05, 3.63) is 36.0 Å². The standard InChI is InChI=1S/C34H53N9O10/c1-17(2)27(32(50)43-29(19(4)45)34(52)53)42-33(51)28(18(3)44)41-26(47)16-39-31(49)24(11-7-8-12-35)40-25(46)15-38-30(48)22(36)13-20-14-37-23-10-6-5-9-21(20)23/h5-6,9-10,14,17-19,22,24,27-29,37,44-45H,7-8,11-13,15-16,35-36H2,1-4H3,(H,38,48)(H,39,49)(H,40,46)(H,41,47)(H,42,51)(H,43,50)(H,52,53)/t18-,19-,22+,24+,27+,28+,29+/m1/s1. The summed E-state index contributed by atoms with van der Waals surface area (Å²) < 4.78 is 0. The molecule has 0 spiro atoms. The quantitative estimate of drug-likeness (QED) is 0.0532. The van der Waals surface area contributed by atoms with Crippen LogP contribution in [0.25, 0.3) is 10.9 Å². The zero-order valence-corrected chi connectivity index (χ0v) is 30.3. The third-order valence-electron chi connectivity index (χ3n) is 8.27. The Balaban J connectivity index is 1.96. The third kappa shape index (κ3) is 14.1. The molecule has 53 heavy (non-hydrogen) atoms. The van der Waals surface area contributed by atoms with Gasteiger partial charge in [-0.2, -0.15) is 0 Å². The Labute approximate surface area is 306 Å². The second kappa shape index (κ2) is 21.4. The van der Waals surface area contributed by atoms with E-state index in [1.54, 1.807) is 20.0 Å². The fourth-order valence-electron chi connectivity index (χ4n) is 5.27. The van der Waals surface area contributed by atoms with Crippen LogP contribution in [0.15, 0.2) is 30.5 Å². The van der Waals surface area contributed by atoms with Crippen LogP contribution >= 0.6 is 0 Å². The number of carbonyl (C=O) groups is 7. The number of para-hydroxylation sites is 1. The number of hydrogen-bond acceptors (Lipinski definition) is 11. The molecule has 19 heteroatoms. The van der Waals surface area contributed by atoms with Gasteiger partial charge >= 0.3 is 5.97 Å². The van der Waals surface area contributed by atoms with E-state index < -0.39 is 103 Å². The number of carbonyl (C=O) groups excluding carboxylic acids is 6. The summed E-state index contributed by atoms with van der Waals surface area (Å²) in [5.74, 6) is -6.87. The molecule has 294 valence electrons. The molecule has 14 N–H and O–H groups in total. The molecule has 0 radical (unpaired) electrons. The molecule has 6 amide bonds. The molecule has 0 saturated heterocycles. The van der Waals surface area contributed by atoms with Gasteiger partial charge in [0, 0.05) is 17.1 Å². The van der Waals surface area contributed by atoms with Gasteiger partial charge in [0.2, 0.25) is 35.4 Å². The van der Waals surface area contributed by atoms with Gasteiger partial charge in [-0.15, -0.1) is 0 Å². The summed E-state index contributed by atoms with van der Waals surface area (Å²) in [6.07, 6.45) is 0.201. The molecule has 0 aliphatic carbocycles.